The van der Waals surface area contributed by atoms with Gasteiger partial charge in [0.1, 0.15) is 9.88 Å². The van der Waals surface area contributed by atoms with Crippen LogP contribution in [0.5, 0.6) is 0 Å². The fraction of sp³-hybridized carbons (Fsp3) is 0.130. The third-order valence-corrected chi connectivity index (χ3v) is 5.76. The molecule has 0 fully saturated rings. The highest BCUT2D eigenvalue weighted by Crippen LogP contribution is 2.45. The molecule has 0 bridgehead atoms. The molecular formula is C23H17NO3S. The molecule has 0 atom stereocenters. The predicted molar refractivity (Wildman–Crippen MR) is 110 cm³/mol. The lowest BCUT2D eigenvalue weighted by molar-refractivity contribution is -0.111. The maximum Gasteiger partial charge on any atom is 0.348 e. The standard InChI is InChI=1S/C23H17NO3S/c1-27-23(26)21-20-17-10-6-5-9-16(17)12-13-18(20)22(28-21)24-19(25)14-11-15-7-3-2-4-8-15/h2-10H,12-13H2,1H3,(H,24,25). The second kappa shape index (κ2) is 7.71. The molecule has 0 saturated heterocycles. The molecule has 4 nitrogen and oxygen atoms in total. The Labute approximate surface area is 167 Å². The Morgan fingerprint density at radius 1 is 1.04 bits per heavy atom. The lowest BCUT2D eigenvalue weighted by Crippen LogP contribution is -2.11. The van der Waals surface area contributed by atoms with Crippen molar-refractivity contribution in [2.75, 3.05) is 12.4 Å². The fourth-order valence-corrected chi connectivity index (χ4v) is 4.53. The summed E-state index contributed by atoms with van der Waals surface area (Å²) in [4.78, 5) is 25.2. The number of aryl methyl sites for hydroxylation is 1. The highest BCUT2D eigenvalue weighted by atomic mass is 32.1. The molecule has 5 heteroatoms. The molecule has 1 amide bonds. The van der Waals surface area contributed by atoms with Gasteiger partial charge in [0.2, 0.25) is 0 Å². The van der Waals surface area contributed by atoms with Crippen LogP contribution in [-0.2, 0) is 22.4 Å². The minimum atomic E-state index is -0.400. The summed E-state index contributed by atoms with van der Waals surface area (Å²) in [6, 6.07) is 17.4. The summed E-state index contributed by atoms with van der Waals surface area (Å²) in [6.07, 6.45) is 1.61. The number of hydrogen-bond acceptors (Lipinski definition) is 4. The van der Waals surface area contributed by atoms with Crippen LogP contribution >= 0.6 is 11.3 Å². The van der Waals surface area contributed by atoms with Crippen LogP contribution in [0.25, 0.3) is 11.1 Å². The van der Waals surface area contributed by atoms with Crippen molar-refractivity contribution in [3.8, 4) is 23.0 Å². The number of benzene rings is 2. The molecule has 138 valence electrons. The van der Waals surface area contributed by atoms with Crippen molar-refractivity contribution < 1.29 is 14.3 Å². The van der Waals surface area contributed by atoms with Crippen LogP contribution in [0.4, 0.5) is 5.00 Å². The van der Waals surface area contributed by atoms with Gasteiger partial charge in [-0.1, -0.05) is 48.4 Å². The summed E-state index contributed by atoms with van der Waals surface area (Å²) in [5.41, 5.74) is 4.83. The first-order chi connectivity index (χ1) is 13.7. The number of methoxy groups -OCH3 is 1. The number of nitrogens with one attached hydrogen (secondary N) is 1. The molecule has 1 aliphatic rings. The third-order valence-electron chi connectivity index (χ3n) is 4.63. The van der Waals surface area contributed by atoms with Crippen LogP contribution < -0.4 is 5.32 Å². The number of ether oxygens (including phenoxy) is 1. The number of amides is 1. The smallest absolute Gasteiger partial charge is 0.348 e. The maximum absolute atomic E-state index is 12.4. The molecule has 3 aromatic rings. The molecule has 0 radical (unpaired) electrons. The van der Waals surface area contributed by atoms with E-state index >= 15 is 0 Å². The number of anilines is 1. The number of esters is 1. The lowest BCUT2D eigenvalue weighted by Gasteiger charge is -2.18. The summed E-state index contributed by atoms with van der Waals surface area (Å²) in [7, 11) is 1.37. The number of thiophene rings is 1. The molecule has 4 rings (SSSR count). The average molecular weight is 387 g/mol. The van der Waals surface area contributed by atoms with Crippen molar-refractivity contribution in [3.05, 3.63) is 76.2 Å². The Hall–Kier alpha value is -3.36. The van der Waals surface area contributed by atoms with Crippen LogP contribution in [0.15, 0.2) is 54.6 Å². The van der Waals surface area contributed by atoms with Crippen molar-refractivity contribution in [2.45, 2.75) is 12.8 Å². The first-order valence-corrected chi connectivity index (χ1v) is 9.69. The van der Waals surface area contributed by atoms with Gasteiger partial charge in [-0.25, -0.2) is 4.79 Å². The fourth-order valence-electron chi connectivity index (χ4n) is 3.35. The minimum absolute atomic E-state index is 0.395. The van der Waals surface area contributed by atoms with E-state index in [4.69, 9.17) is 4.74 Å². The summed E-state index contributed by atoms with van der Waals surface area (Å²) in [5.74, 6) is 4.67. The Morgan fingerprint density at radius 2 is 1.79 bits per heavy atom. The first-order valence-electron chi connectivity index (χ1n) is 8.87. The molecule has 1 aliphatic carbocycles. The summed E-state index contributed by atoms with van der Waals surface area (Å²) < 4.78 is 4.97. The van der Waals surface area contributed by atoms with Crippen molar-refractivity contribution in [1.82, 2.24) is 0 Å². The van der Waals surface area contributed by atoms with Gasteiger partial charge in [0.15, 0.2) is 0 Å². The summed E-state index contributed by atoms with van der Waals surface area (Å²) in [5, 5.41) is 3.53. The highest BCUT2D eigenvalue weighted by Gasteiger charge is 2.29. The van der Waals surface area contributed by atoms with Gasteiger partial charge in [-0.3, -0.25) is 4.79 Å². The van der Waals surface area contributed by atoms with Gasteiger partial charge in [0.05, 0.1) is 7.11 Å². The molecular weight excluding hydrogens is 370 g/mol. The second-order valence-electron chi connectivity index (χ2n) is 6.33. The van der Waals surface area contributed by atoms with E-state index in [9.17, 15) is 9.59 Å². The van der Waals surface area contributed by atoms with Gasteiger partial charge in [-0.05, 0) is 41.7 Å². The number of hydrogen-bond donors (Lipinski definition) is 1. The van der Waals surface area contributed by atoms with E-state index in [-0.39, 0.29) is 0 Å². The molecule has 1 aromatic heterocycles. The van der Waals surface area contributed by atoms with E-state index in [1.807, 2.05) is 48.5 Å². The third kappa shape index (κ3) is 3.42. The van der Waals surface area contributed by atoms with Gasteiger partial charge in [0, 0.05) is 17.0 Å². The topological polar surface area (TPSA) is 55.4 Å². The molecule has 28 heavy (non-hydrogen) atoms. The highest BCUT2D eigenvalue weighted by molar-refractivity contribution is 7.19. The molecule has 0 spiro atoms. The van der Waals surface area contributed by atoms with E-state index in [0.717, 1.165) is 35.1 Å². The van der Waals surface area contributed by atoms with Gasteiger partial charge >= 0.3 is 11.9 Å². The van der Waals surface area contributed by atoms with Crippen LogP contribution in [0, 0.1) is 11.8 Å². The summed E-state index contributed by atoms with van der Waals surface area (Å²) >= 11 is 1.25. The molecule has 0 unspecified atom stereocenters. The molecule has 0 aliphatic heterocycles. The van der Waals surface area contributed by atoms with Crippen molar-refractivity contribution >= 4 is 28.2 Å². The number of fused-ring (bicyclic) bond motifs is 3. The molecule has 1 heterocycles. The normalized spacial score (nSPS) is 11.5. The van der Waals surface area contributed by atoms with Gasteiger partial charge in [0.25, 0.3) is 0 Å². The Morgan fingerprint density at radius 3 is 2.57 bits per heavy atom. The predicted octanol–water partition coefficient (Wildman–Crippen LogP) is 4.29. The van der Waals surface area contributed by atoms with Crippen LogP contribution in [0.3, 0.4) is 0 Å². The molecule has 1 N–H and O–H groups in total. The second-order valence-corrected chi connectivity index (χ2v) is 7.35. The van der Waals surface area contributed by atoms with Crippen LogP contribution in [0.1, 0.15) is 26.4 Å². The van der Waals surface area contributed by atoms with E-state index in [2.05, 4.69) is 23.2 Å². The van der Waals surface area contributed by atoms with Gasteiger partial charge in [-0.15, -0.1) is 11.3 Å². The zero-order valence-electron chi connectivity index (χ0n) is 15.2. The minimum Gasteiger partial charge on any atom is -0.465 e. The van der Waals surface area contributed by atoms with Crippen molar-refractivity contribution in [1.29, 1.82) is 0 Å². The first kappa shape index (κ1) is 18.0. The zero-order valence-corrected chi connectivity index (χ0v) is 16.1. The monoisotopic (exact) mass is 387 g/mol. The lowest BCUT2D eigenvalue weighted by atomic mass is 9.86. The Bertz CT molecular complexity index is 1120. The van der Waals surface area contributed by atoms with E-state index in [1.165, 1.54) is 24.0 Å². The van der Waals surface area contributed by atoms with Crippen molar-refractivity contribution in [2.24, 2.45) is 0 Å². The molecule has 2 aromatic carbocycles. The molecule has 0 saturated carbocycles. The van der Waals surface area contributed by atoms with Crippen molar-refractivity contribution in [3.63, 3.8) is 0 Å². The Kier molecular flexibility index (Phi) is 4.96. The van der Waals surface area contributed by atoms with E-state index in [0.29, 0.717) is 9.88 Å². The number of carbonyl (C=O) groups is 2. The summed E-state index contributed by atoms with van der Waals surface area (Å²) in [6.45, 7) is 0. The maximum atomic E-state index is 12.4. The van der Waals surface area contributed by atoms with E-state index < -0.39 is 11.9 Å². The zero-order chi connectivity index (χ0) is 19.5. The number of carbonyl (C=O) groups excluding carboxylic acids is 2. The van der Waals surface area contributed by atoms with Crippen LogP contribution in [-0.4, -0.2) is 19.0 Å². The number of rotatable bonds is 2. The SMILES string of the molecule is COC(=O)c1sc(NC(=O)C#Cc2ccccc2)c2c1-c1ccccc1CC2. The quantitative estimate of drug-likeness (QED) is 0.527. The Balaban J connectivity index is 1.70. The van der Waals surface area contributed by atoms with Crippen LogP contribution in [0.2, 0.25) is 0 Å². The average Bonchev–Trinajstić information content (AvgIpc) is 3.11. The van der Waals surface area contributed by atoms with Gasteiger partial charge < -0.3 is 10.1 Å². The largest absolute Gasteiger partial charge is 0.465 e. The van der Waals surface area contributed by atoms with E-state index in [1.54, 1.807) is 0 Å². The van der Waals surface area contributed by atoms with Gasteiger partial charge in [-0.2, -0.15) is 0 Å².